The number of halogens is 2. The van der Waals surface area contributed by atoms with E-state index < -0.39 is 6.48 Å². The fraction of sp³-hybridized carbons (Fsp3) is 0.250. The van der Waals surface area contributed by atoms with Crippen LogP contribution in [0.3, 0.4) is 0 Å². The number of nitrogens with zero attached hydrogens (tertiary/aromatic N) is 1. The predicted molar refractivity (Wildman–Crippen MR) is 88.5 cm³/mol. The second kappa shape index (κ2) is 4.27. The number of benzene rings is 2. The average Bonchev–Trinajstić information content (AvgIpc) is 2.88. The molecule has 108 valence electrons. The van der Waals surface area contributed by atoms with Crippen LogP contribution in [-0.4, -0.2) is 25.0 Å². The third kappa shape index (κ3) is 1.69. The monoisotopic (exact) mass is 319 g/mol. The van der Waals surface area contributed by atoms with Crippen molar-refractivity contribution < 1.29 is 9.05 Å². The van der Waals surface area contributed by atoms with E-state index in [-0.39, 0.29) is 0 Å². The Kier molecular flexibility index (Phi) is 2.77. The Morgan fingerprint density at radius 1 is 0.952 bits per heavy atom. The lowest BCUT2D eigenvalue weighted by Gasteiger charge is -2.48. The van der Waals surface area contributed by atoms with Crippen LogP contribution >= 0.6 is 23.2 Å². The SMILES string of the molecule is C[N+]1(C)Cc2cc(Cl)ccc2[B-]12OCc1cc(Cl)ccc12. The molecular formula is C16H16BCl2NO. The first-order chi connectivity index (χ1) is 9.94. The van der Waals surface area contributed by atoms with Crippen molar-refractivity contribution >= 4 is 40.6 Å². The molecule has 2 aromatic rings. The molecule has 1 spiro atoms. The molecule has 2 aromatic carbocycles. The van der Waals surface area contributed by atoms with Gasteiger partial charge in [0.15, 0.2) is 0 Å². The molecule has 0 aliphatic carbocycles. The van der Waals surface area contributed by atoms with Gasteiger partial charge in [-0.3, -0.25) is 0 Å². The van der Waals surface area contributed by atoms with E-state index in [1.165, 1.54) is 22.1 Å². The summed E-state index contributed by atoms with van der Waals surface area (Å²) in [6.45, 7) is 0.290. The van der Waals surface area contributed by atoms with E-state index in [2.05, 4.69) is 32.3 Å². The van der Waals surface area contributed by atoms with Gasteiger partial charge in [-0.1, -0.05) is 40.9 Å². The van der Waals surface area contributed by atoms with Gasteiger partial charge in [-0.05, 0) is 29.8 Å². The largest absolute Gasteiger partial charge is 0.528 e. The zero-order valence-electron chi connectivity index (χ0n) is 12.1. The average molecular weight is 320 g/mol. The van der Waals surface area contributed by atoms with Crippen molar-refractivity contribution in [1.82, 2.24) is 0 Å². The molecule has 2 aliphatic heterocycles. The summed E-state index contributed by atoms with van der Waals surface area (Å²) < 4.78 is 7.24. The van der Waals surface area contributed by atoms with Crippen molar-refractivity contribution in [3.63, 3.8) is 0 Å². The molecule has 0 radical (unpaired) electrons. The second-order valence-electron chi connectivity index (χ2n) is 6.68. The fourth-order valence-corrected chi connectivity index (χ4v) is 4.64. The van der Waals surface area contributed by atoms with Crippen LogP contribution < -0.4 is 10.9 Å². The van der Waals surface area contributed by atoms with Crippen LogP contribution in [0.1, 0.15) is 11.1 Å². The summed E-state index contributed by atoms with van der Waals surface area (Å²) in [7, 11) is 4.47. The Morgan fingerprint density at radius 2 is 1.52 bits per heavy atom. The molecular weight excluding hydrogens is 304 g/mol. The smallest absolute Gasteiger partial charge is 0.392 e. The molecule has 2 heterocycles. The summed E-state index contributed by atoms with van der Waals surface area (Å²) in [5.41, 5.74) is 5.06. The first-order valence-corrected chi connectivity index (χ1v) is 7.89. The molecule has 0 N–H and O–H groups in total. The number of hydrogen-bond donors (Lipinski definition) is 0. The van der Waals surface area contributed by atoms with Crippen molar-refractivity contribution in [1.29, 1.82) is 0 Å². The highest BCUT2D eigenvalue weighted by molar-refractivity contribution is 6.93. The molecule has 0 fully saturated rings. The summed E-state index contributed by atoms with van der Waals surface area (Å²) in [4.78, 5) is 0. The van der Waals surface area contributed by atoms with Crippen molar-refractivity contribution in [3.05, 3.63) is 57.6 Å². The van der Waals surface area contributed by atoms with Crippen LogP contribution in [0.25, 0.3) is 0 Å². The van der Waals surface area contributed by atoms with Crippen LogP contribution in [0.2, 0.25) is 10.0 Å². The first-order valence-electron chi connectivity index (χ1n) is 7.13. The molecule has 0 bridgehead atoms. The van der Waals surface area contributed by atoms with Crippen molar-refractivity contribution in [2.45, 2.75) is 13.2 Å². The van der Waals surface area contributed by atoms with E-state index in [0.717, 1.165) is 21.0 Å². The van der Waals surface area contributed by atoms with Gasteiger partial charge in [0.2, 0.25) is 0 Å². The molecule has 0 amide bonds. The van der Waals surface area contributed by atoms with E-state index >= 15 is 0 Å². The maximum absolute atomic E-state index is 6.44. The number of hydrogen-bond acceptors (Lipinski definition) is 1. The lowest BCUT2D eigenvalue weighted by atomic mass is 9.41. The summed E-state index contributed by atoms with van der Waals surface area (Å²) in [5.74, 6) is 0. The molecule has 0 aromatic heterocycles. The van der Waals surface area contributed by atoms with Gasteiger partial charge in [0, 0.05) is 30.7 Å². The van der Waals surface area contributed by atoms with Gasteiger partial charge in [-0.2, -0.15) is 0 Å². The minimum absolute atomic E-state index is 0.625. The molecule has 0 saturated carbocycles. The normalized spacial score (nSPS) is 25.1. The molecule has 5 heteroatoms. The molecule has 1 atom stereocenters. The van der Waals surface area contributed by atoms with Gasteiger partial charge in [-0.25, -0.2) is 0 Å². The van der Waals surface area contributed by atoms with Gasteiger partial charge in [-0.15, -0.1) is 10.9 Å². The zero-order chi connectivity index (χ0) is 14.8. The lowest BCUT2D eigenvalue weighted by molar-refractivity contribution is -0.806. The van der Waals surface area contributed by atoms with Gasteiger partial charge < -0.3 is 9.05 Å². The minimum atomic E-state index is -1.26. The van der Waals surface area contributed by atoms with Gasteiger partial charge in [0.1, 0.15) is 0 Å². The van der Waals surface area contributed by atoms with Crippen LogP contribution in [-0.2, 0) is 17.8 Å². The van der Waals surface area contributed by atoms with Gasteiger partial charge >= 0.3 is 6.48 Å². The third-order valence-electron chi connectivity index (χ3n) is 5.10. The summed E-state index contributed by atoms with van der Waals surface area (Å²) >= 11 is 12.3. The standard InChI is InChI=1S/C16H16BCl2NO/c1-20(2)9-11-7-13(18)3-5-15(11)17(20)16-6-4-14(19)8-12(16)10-21-17/h3-8H,9-10H2,1-2H3. The van der Waals surface area contributed by atoms with Crippen molar-refractivity contribution in [2.24, 2.45) is 0 Å². The maximum Gasteiger partial charge on any atom is 0.392 e. The van der Waals surface area contributed by atoms with E-state index in [0.29, 0.717) is 6.61 Å². The predicted octanol–water partition coefficient (Wildman–Crippen LogP) is 2.67. The molecule has 0 saturated heterocycles. The summed E-state index contributed by atoms with van der Waals surface area (Å²) in [6.07, 6.45) is 0. The van der Waals surface area contributed by atoms with E-state index in [1.807, 2.05) is 18.2 Å². The highest BCUT2D eigenvalue weighted by Crippen LogP contribution is 2.35. The number of rotatable bonds is 0. The quantitative estimate of drug-likeness (QED) is 0.678. The third-order valence-corrected chi connectivity index (χ3v) is 5.57. The Labute approximate surface area is 134 Å². The van der Waals surface area contributed by atoms with Crippen LogP contribution in [0.15, 0.2) is 36.4 Å². The fourth-order valence-electron chi connectivity index (χ4n) is 4.25. The van der Waals surface area contributed by atoms with Crippen molar-refractivity contribution in [2.75, 3.05) is 14.1 Å². The first kappa shape index (κ1) is 13.7. The van der Waals surface area contributed by atoms with Gasteiger partial charge in [0.25, 0.3) is 0 Å². The number of fused-ring (bicyclic) bond motifs is 4. The Balaban J connectivity index is 2.01. The zero-order valence-corrected chi connectivity index (χ0v) is 13.6. The molecule has 4 rings (SSSR count). The Hall–Kier alpha value is -0.995. The minimum Gasteiger partial charge on any atom is -0.528 e. The van der Waals surface area contributed by atoms with Crippen LogP contribution in [0.4, 0.5) is 0 Å². The Bertz CT molecular complexity index is 749. The summed E-state index contributed by atoms with van der Waals surface area (Å²) in [6, 6.07) is 12.3. The molecule has 21 heavy (non-hydrogen) atoms. The van der Waals surface area contributed by atoms with E-state index in [4.69, 9.17) is 27.9 Å². The maximum atomic E-state index is 6.44. The Morgan fingerprint density at radius 3 is 2.19 bits per heavy atom. The molecule has 2 nitrogen and oxygen atoms in total. The highest BCUT2D eigenvalue weighted by Gasteiger charge is 2.55. The van der Waals surface area contributed by atoms with Crippen molar-refractivity contribution in [3.8, 4) is 0 Å². The highest BCUT2D eigenvalue weighted by atomic mass is 35.5. The summed E-state index contributed by atoms with van der Waals surface area (Å²) in [5, 5.41) is 1.56. The second-order valence-corrected chi connectivity index (χ2v) is 7.55. The lowest BCUT2D eigenvalue weighted by Crippen LogP contribution is -2.72. The molecule has 1 unspecified atom stereocenters. The van der Waals surface area contributed by atoms with Gasteiger partial charge in [0.05, 0.1) is 6.54 Å². The van der Waals surface area contributed by atoms with Crippen LogP contribution in [0.5, 0.6) is 0 Å². The molecule has 2 aliphatic rings. The topological polar surface area (TPSA) is 9.23 Å². The number of quaternary nitrogens is 1. The van der Waals surface area contributed by atoms with E-state index in [1.54, 1.807) is 0 Å². The van der Waals surface area contributed by atoms with Crippen LogP contribution in [0, 0.1) is 0 Å². The van der Waals surface area contributed by atoms with E-state index in [9.17, 15) is 0 Å².